The molecule has 0 spiro atoms. The van der Waals surface area contributed by atoms with Gasteiger partial charge in [-0.1, -0.05) is 42.1 Å². The zero-order valence-electron chi connectivity index (χ0n) is 20.4. The van der Waals surface area contributed by atoms with E-state index in [0.717, 1.165) is 74.7 Å². The van der Waals surface area contributed by atoms with Gasteiger partial charge in [0.15, 0.2) is 0 Å². The van der Waals surface area contributed by atoms with Gasteiger partial charge in [-0.3, -0.25) is 14.9 Å². The van der Waals surface area contributed by atoms with Crippen LogP contribution in [0.5, 0.6) is 17.2 Å². The highest BCUT2D eigenvalue weighted by Crippen LogP contribution is 2.43. The Hall–Kier alpha value is -3.19. The van der Waals surface area contributed by atoms with Crippen molar-refractivity contribution in [1.82, 2.24) is 5.32 Å². The van der Waals surface area contributed by atoms with Gasteiger partial charge in [-0.25, -0.2) is 0 Å². The number of rotatable bonds is 5. The topological polar surface area (TPSA) is 84.9 Å². The second-order valence-electron chi connectivity index (χ2n) is 9.73. The second kappa shape index (κ2) is 8.79. The van der Waals surface area contributed by atoms with E-state index in [1.165, 1.54) is 0 Å². The molecule has 2 unspecified atom stereocenters. The lowest BCUT2D eigenvalue weighted by atomic mass is 9.87. The Balaban J connectivity index is 1.38. The maximum Gasteiger partial charge on any atom is 0.286 e. The fourth-order valence-corrected chi connectivity index (χ4v) is 5.84. The van der Waals surface area contributed by atoms with Gasteiger partial charge in [0.25, 0.3) is 5.24 Å². The van der Waals surface area contributed by atoms with Crippen LogP contribution in [-0.2, 0) is 17.6 Å². The summed E-state index contributed by atoms with van der Waals surface area (Å²) < 4.78 is 12.9. The summed E-state index contributed by atoms with van der Waals surface area (Å²) in [5.41, 5.74) is 4.28. The molecule has 0 bridgehead atoms. The maximum atomic E-state index is 12.1. The molecule has 2 amide bonds. The van der Waals surface area contributed by atoms with Crippen molar-refractivity contribution in [2.24, 2.45) is 0 Å². The van der Waals surface area contributed by atoms with Crippen LogP contribution in [0.15, 0.2) is 36.4 Å². The number of carbonyl (C=O) groups excluding carboxylic acids is 2. The predicted molar refractivity (Wildman–Crippen MR) is 138 cm³/mol. The van der Waals surface area contributed by atoms with E-state index in [4.69, 9.17) is 9.47 Å². The molecule has 7 heteroatoms. The predicted octanol–water partition coefficient (Wildman–Crippen LogP) is 5.53. The molecule has 2 aliphatic heterocycles. The van der Waals surface area contributed by atoms with E-state index in [1.807, 2.05) is 57.2 Å². The fourth-order valence-electron chi connectivity index (χ4n) is 4.99. The molecular formula is C28H29NO5S. The number of benzene rings is 3. The molecule has 35 heavy (non-hydrogen) atoms. The number of hydrogen-bond acceptors (Lipinski definition) is 6. The van der Waals surface area contributed by atoms with Gasteiger partial charge in [0.05, 0.1) is 5.25 Å². The third-order valence-electron chi connectivity index (χ3n) is 7.27. The SMILES string of the molecule is Cc1c(C)c2c(c(C)c1O)CCC(C)(COc1ccc(CC3SC(=O)NC3=O)c3ccccc13)O2. The summed E-state index contributed by atoms with van der Waals surface area (Å²) in [6.07, 6.45) is 2.07. The van der Waals surface area contributed by atoms with Gasteiger partial charge in [0.2, 0.25) is 5.91 Å². The average Bonchev–Trinajstić information content (AvgIpc) is 3.17. The number of carbonyl (C=O) groups is 2. The molecule has 0 radical (unpaired) electrons. The van der Waals surface area contributed by atoms with E-state index < -0.39 is 10.9 Å². The molecule has 5 rings (SSSR count). The molecule has 1 saturated heterocycles. The van der Waals surface area contributed by atoms with Gasteiger partial charge in [-0.15, -0.1) is 0 Å². The lowest BCUT2D eigenvalue weighted by Gasteiger charge is -2.37. The van der Waals surface area contributed by atoms with Crippen LogP contribution >= 0.6 is 11.8 Å². The Bertz CT molecular complexity index is 1370. The minimum Gasteiger partial charge on any atom is -0.507 e. The summed E-state index contributed by atoms with van der Waals surface area (Å²) in [5, 5.41) is 14.1. The van der Waals surface area contributed by atoms with Gasteiger partial charge in [-0.05, 0) is 80.7 Å². The van der Waals surface area contributed by atoms with Crippen LogP contribution in [0, 0.1) is 20.8 Å². The number of amides is 2. The number of hydrogen-bond donors (Lipinski definition) is 2. The van der Waals surface area contributed by atoms with Crippen LogP contribution in [-0.4, -0.2) is 33.7 Å². The Labute approximate surface area is 209 Å². The smallest absolute Gasteiger partial charge is 0.286 e. The summed E-state index contributed by atoms with van der Waals surface area (Å²) in [6.45, 7) is 8.30. The first-order valence-electron chi connectivity index (χ1n) is 11.8. The first-order chi connectivity index (χ1) is 16.7. The van der Waals surface area contributed by atoms with Crippen molar-refractivity contribution >= 4 is 33.7 Å². The molecule has 6 nitrogen and oxygen atoms in total. The van der Waals surface area contributed by atoms with Gasteiger partial charge >= 0.3 is 0 Å². The molecule has 2 N–H and O–H groups in total. The van der Waals surface area contributed by atoms with E-state index >= 15 is 0 Å². The lowest BCUT2D eigenvalue weighted by molar-refractivity contribution is -0.118. The highest BCUT2D eigenvalue weighted by atomic mass is 32.2. The first kappa shape index (κ1) is 23.5. The van der Waals surface area contributed by atoms with E-state index in [-0.39, 0.29) is 11.1 Å². The van der Waals surface area contributed by atoms with Gasteiger partial charge in [0, 0.05) is 10.9 Å². The molecule has 2 heterocycles. The maximum absolute atomic E-state index is 12.1. The highest BCUT2D eigenvalue weighted by Gasteiger charge is 2.36. The lowest BCUT2D eigenvalue weighted by Crippen LogP contribution is -2.42. The number of nitrogens with one attached hydrogen (secondary N) is 1. The van der Waals surface area contributed by atoms with Crippen LogP contribution in [0.3, 0.4) is 0 Å². The number of imide groups is 1. The minimum atomic E-state index is -0.508. The van der Waals surface area contributed by atoms with Gasteiger partial charge < -0.3 is 14.6 Å². The number of fused-ring (bicyclic) bond motifs is 2. The number of thioether (sulfide) groups is 1. The Morgan fingerprint density at radius 1 is 1.09 bits per heavy atom. The quantitative estimate of drug-likeness (QED) is 0.488. The van der Waals surface area contributed by atoms with Crippen LogP contribution < -0.4 is 14.8 Å². The minimum absolute atomic E-state index is 0.235. The van der Waals surface area contributed by atoms with Crippen LogP contribution in [0.4, 0.5) is 4.79 Å². The molecule has 2 aliphatic rings. The first-order valence-corrected chi connectivity index (χ1v) is 12.7. The molecule has 0 saturated carbocycles. The number of phenolic OH excluding ortho intramolecular Hbond substituents is 1. The van der Waals surface area contributed by atoms with Crippen LogP contribution in [0.1, 0.15) is 41.2 Å². The molecule has 3 aromatic carbocycles. The zero-order valence-corrected chi connectivity index (χ0v) is 21.2. The summed E-state index contributed by atoms with van der Waals surface area (Å²) >= 11 is 1.05. The molecule has 3 aromatic rings. The van der Waals surface area contributed by atoms with Crippen LogP contribution in [0.2, 0.25) is 0 Å². The van der Waals surface area contributed by atoms with Gasteiger partial charge in [0.1, 0.15) is 29.5 Å². The molecule has 1 fully saturated rings. The van der Waals surface area contributed by atoms with E-state index in [0.29, 0.717) is 18.8 Å². The molecular weight excluding hydrogens is 462 g/mol. The molecule has 2 atom stereocenters. The van der Waals surface area contributed by atoms with E-state index in [9.17, 15) is 14.7 Å². The van der Waals surface area contributed by atoms with Crippen molar-refractivity contribution in [2.45, 2.75) is 57.8 Å². The van der Waals surface area contributed by atoms with Crippen LogP contribution in [0.25, 0.3) is 10.8 Å². The standard InChI is InChI=1S/C28H29NO5S/c1-15-16(2)25-19(17(3)24(15)30)11-12-28(4,34-25)14-33-22-10-9-18(20-7-5-6-8-21(20)22)13-23-26(31)29-27(32)35-23/h5-10,23,30H,11-14H2,1-4H3,(H,29,31,32). The monoisotopic (exact) mass is 491 g/mol. The Morgan fingerprint density at radius 3 is 2.54 bits per heavy atom. The summed E-state index contributed by atoms with van der Waals surface area (Å²) in [7, 11) is 0. The van der Waals surface area contributed by atoms with Crippen molar-refractivity contribution in [3.8, 4) is 17.2 Å². The van der Waals surface area contributed by atoms with Crippen molar-refractivity contribution in [1.29, 1.82) is 0 Å². The van der Waals surface area contributed by atoms with E-state index in [1.54, 1.807) is 0 Å². The number of ether oxygens (including phenoxy) is 2. The zero-order chi connectivity index (χ0) is 24.9. The largest absolute Gasteiger partial charge is 0.507 e. The van der Waals surface area contributed by atoms with E-state index in [2.05, 4.69) is 12.2 Å². The average molecular weight is 492 g/mol. The van der Waals surface area contributed by atoms with Crippen molar-refractivity contribution in [2.75, 3.05) is 6.61 Å². The fraction of sp³-hybridized carbons (Fsp3) is 0.357. The second-order valence-corrected chi connectivity index (χ2v) is 10.9. The molecule has 0 aliphatic carbocycles. The molecule has 182 valence electrons. The third-order valence-corrected chi connectivity index (χ3v) is 8.25. The van der Waals surface area contributed by atoms with Crippen molar-refractivity contribution in [3.05, 3.63) is 64.2 Å². The van der Waals surface area contributed by atoms with Gasteiger partial charge in [-0.2, -0.15) is 0 Å². The highest BCUT2D eigenvalue weighted by molar-refractivity contribution is 8.15. The van der Waals surface area contributed by atoms with Crippen molar-refractivity contribution in [3.63, 3.8) is 0 Å². The third kappa shape index (κ3) is 4.22. The Morgan fingerprint density at radius 2 is 1.83 bits per heavy atom. The summed E-state index contributed by atoms with van der Waals surface area (Å²) in [4.78, 5) is 23.6. The normalized spacial score (nSPS) is 21.5. The summed E-state index contributed by atoms with van der Waals surface area (Å²) in [5.74, 6) is 1.74. The number of phenols is 1. The van der Waals surface area contributed by atoms with Crippen molar-refractivity contribution < 1.29 is 24.2 Å². The molecule has 0 aromatic heterocycles. The summed E-state index contributed by atoms with van der Waals surface area (Å²) in [6, 6.07) is 11.9. The Kier molecular flexibility index (Phi) is 5.91. The number of aromatic hydroxyl groups is 1.